The highest BCUT2D eigenvalue weighted by atomic mass is 32.2. The second-order valence-electron chi connectivity index (χ2n) is 6.81. The summed E-state index contributed by atoms with van der Waals surface area (Å²) >= 11 is 1.57. The quantitative estimate of drug-likeness (QED) is 0.511. The number of amides is 1. The molecule has 1 amide bonds. The zero-order valence-corrected chi connectivity index (χ0v) is 18.0. The summed E-state index contributed by atoms with van der Waals surface area (Å²) in [7, 11) is -3.52. The highest BCUT2D eigenvalue weighted by Gasteiger charge is 2.31. The number of ether oxygens (including phenoxy) is 1. The number of hydrogen-bond donors (Lipinski definition) is 1. The fraction of sp³-hybridized carbons (Fsp3) is 0.381. The zero-order chi connectivity index (χ0) is 20.7. The summed E-state index contributed by atoms with van der Waals surface area (Å²) in [5, 5.41) is 2.89. The molecule has 0 aromatic heterocycles. The summed E-state index contributed by atoms with van der Waals surface area (Å²) in [4.78, 5) is 13.7. The molecule has 1 fully saturated rings. The van der Waals surface area contributed by atoms with Crippen LogP contribution in [0.25, 0.3) is 0 Å². The molecule has 1 aliphatic heterocycles. The van der Waals surface area contributed by atoms with E-state index < -0.39 is 10.0 Å². The Morgan fingerprint density at radius 2 is 1.76 bits per heavy atom. The molecular weight excluding hydrogens is 408 g/mol. The Balaban J connectivity index is 1.44. The van der Waals surface area contributed by atoms with Gasteiger partial charge in [0.05, 0.1) is 11.4 Å². The molecule has 1 N–H and O–H groups in total. The van der Waals surface area contributed by atoms with Crippen molar-refractivity contribution in [1.29, 1.82) is 0 Å². The third-order valence-electron chi connectivity index (χ3n) is 4.94. The van der Waals surface area contributed by atoms with Crippen LogP contribution < -0.4 is 10.1 Å². The largest absolute Gasteiger partial charge is 0.492 e. The smallest absolute Gasteiger partial charge is 0.243 e. The van der Waals surface area contributed by atoms with Gasteiger partial charge in [-0.05, 0) is 55.5 Å². The Bertz CT molecular complexity index is 894. The van der Waals surface area contributed by atoms with E-state index in [-0.39, 0.29) is 11.8 Å². The van der Waals surface area contributed by atoms with Crippen molar-refractivity contribution in [2.45, 2.75) is 22.6 Å². The van der Waals surface area contributed by atoms with E-state index >= 15 is 0 Å². The first-order valence-electron chi connectivity index (χ1n) is 9.60. The number of hydrogen-bond acceptors (Lipinski definition) is 5. The van der Waals surface area contributed by atoms with Crippen LogP contribution in [0.4, 0.5) is 0 Å². The minimum Gasteiger partial charge on any atom is -0.492 e. The number of sulfonamides is 1. The van der Waals surface area contributed by atoms with Crippen LogP contribution in [-0.2, 0) is 14.8 Å². The molecular formula is C21H26N2O4S2. The summed E-state index contributed by atoms with van der Waals surface area (Å²) < 4.78 is 32.7. The average molecular weight is 435 g/mol. The Hall–Kier alpha value is -2.03. The fourth-order valence-corrected chi connectivity index (χ4v) is 5.14. The summed E-state index contributed by atoms with van der Waals surface area (Å²) in [6, 6.07) is 16.4. The molecule has 0 unspecified atom stereocenters. The van der Waals surface area contributed by atoms with Gasteiger partial charge in [0.25, 0.3) is 0 Å². The summed E-state index contributed by atoms with van der Waals surface area (Å²) in [6.45, 7) is 1.53. The summed E-state index contributed by atoms with van der Waals surface area (Å²) in [5.41, 5.74) is 0. The van der Waals surface area contributed by atoms with E-state index in [1.165, 1.54) is 4.31 Å². The average Bonchev–Trinajstić information content (AvgIpc) is 2.77. The molecule has 0 radical (unpaired) electrons. The minimum atomic E-state index is -3.52. The van der Waals surface area contributed by atoms with Crippen LogP contribution >= 0.6 is 11.8 Å². The van der Waals surface area contributed by atoms with Crippen molar-refractivity contribution in [3.05, 3.63) is 54.6 Å². The maximum atomic E-state index is 12.8. The molecule has 156 valence electrons. The predicted octanol–water partition coefficient (Wildman–Crippen LogP) is 3.00. The molecule has 2 aromatic carbocycles. The first-order chi connectivity index (χ1) is 14.0. The second kappa shape index (κ2) is 10.1. The highest BCUT2D eigenvalue weighted by Crippen LogP contribution is 2.25. The SMILES string of the molecule is CSc1ccc(S(=O)(=O)N2CCC(C(=O)NCCOc3ccccc3)CC2)cc1. The number of nitrogens with one attached hydrogen (secondary N) is 1. The number of carbonyl (C=O) groups is 1. The van der Waals surface area contributed by atoms with Crippen LogP contribution in [-0.4, -0.2) is 51.1 Å². The number of piperidine rings is 1. The standard InChI is InChI=1S/C21H26N2O4S2/c1-28-19-7-9-20(10-8-19)29(25,26)23-14-11-17(12-15-23)21(24)22-13-16-27-18-5-3-2-4-6-18/h2-10,17H,11-16H2,1H3,(H,22,24). The highest BCUT2D eigenvalue weighted by molar-refractivity contribution is 7.98. The lowest BCUT2D eigenvalue weighted by molar-refractivity contribution is -0.126. The van der Waals surface area contributed by atoms with Gasteiger partial charge in [-0.1, -0.05) is 18.2 Å². The van der Waals surface area contributed by atoms with Crippen molar-refractivity contribution in [2.75, 3.05) is 32.5 Å². The van der Waals surface area contributed by atoms with Gasteiger partial charge in [-0.15, -0.1) is 11.8 Å². The van der Waals surface area contributed by atoms with Gasteiger partial charge in [-0.3, -0.25) is 4.79 Å². The Labute approximate surface area is 176 Å². The molecule has 0 atom stereocenters. The monoisotopic (exact) mass is 434 g/mol. The van der Waals surface area contributed by atoms with Crippen molar-refractivity contribution in [2.24, 2.45) is 5.92 Å². The van der Waals surface area contributed by atoms with Gasteiger partial charge in [0.15, 0.2) is 0 Å². The van der Waals surface area contributed by atoms with Gasteiger partial charge in [0.2, 0.25) is 15.9 Å². The van der Waals surface area contributed by atoms with Crippen molar-refractivity contribution in [3.63, 3.8) is 0 Å². The molecule has 0 aliphatic carbocycles. The molecule has 8 heteroatoms. The van der Waals surface area contributed by atoms with Crippen molar-refractivity contribution >= 4 is 27.7 Å². The number of nitrogens with zero attached hydrogens (tertiary/aromatic N) is 1. The Morgan fingerprint density at radius 3 is 2.38 bits per heavy atom. The Morgan fingerprint density at radius 1 is 1.10 bits per heavy atom. The first kappa shape index (κ1) is 21.7. The maximum absolute atomic E-state index is 12.8. The predicted molar refractivity (Wildman–Crippen MR) is 115 cm³/mol. The fourth-order valence-electron chi connectivity index (χ4n) is 3.26. The molecule has 3 rings (SSSR count). The number of carbonyl (C=O) groups excluding carboxylic acids is 1. The molecule has 0 bridgehead atoms. The number of benzene rings is 2. The van der Waals surface area contributed by atoms with E-state index in [0.29, 0.717) is 44.0 Å². The zero-order valence-electron chi connectivity index (χ0n) is 16.4. The van der Waals surface area contributed by atoms with Gasteiger partial charge >= 0.3 is 0 Å². The normalized spacial score (nSPS) is 15.8. The Kier molecular flexibility index (Phi) is 7.57. The van der Waals surface area contributed by atoms with E-state index in [1.54, 1.807) is 23.9 Å². The van der Waals surface area contributed by atoms with E-state index in [2.05, 4.69) is 5.32 Å². The molecule has 1 saturated heterocycles. The molecule has 0 saturated carbocycles. The first-order valence-corrected chi connectivity index (χ1v) is 12.3. The van der Waals surface area contributed by atoms with Gasteiger partial charge in [-0.2, -0.15) is 4.31 Å². The van der Waals surface area contributed by atoms with E-state index in [0.717, 1.165) is 10.6 Å². The topological polar surface area (TPSA) is 75.7 Å². The van der Waals surface area contributed by atoms with Gasteiger partial charge < -0.3 is 10.1 Å². The van der Waals surface area contributed by atoms with E-state index in [9.17, 15) is 13.2 Å². The number of rotatable bonds is 8. The second-order valence-corrected chi connectivity index (χ2v) is 9.62. The van der Waals surface area contributed by atoms with Crippen LogP contribution in [0.2, 0.25) is 0 Å². The number of para-hydroxylation sites is 1. The lowest BCUT2D eigenvalue weighted by atomic mass is 9.97. The number of thioether (sulfide) groups is 1. The van der Waals surface area contributed by atoms with Gasteiger partial charge in [0.1, 0.15) is 12.4 Å². The van der Waals surface area contributed by atoms with Gasteiger partial charge in [-0.25, -0.2) is 8.42 Å². The maximum Gasteiger partial charge on any atom is 0.243 e. The lowest BCUT2D eigenvalue weighted by Gasteiger charge is -2.30. The minimum absolute atomic E-state index is 0.0389. The van der Waals surface area contributed by atoms with Crippen molar-refractivity contribution in [3.8, 4) is 5.75 Å². The van der Waals surface area contributed by atoms with Crippen LogP contribution in [0.3, 0.4) is 0 Å². The van der Waals surface area contributed by atoms with E-state index in [4.69, 9.17) is 4.74 Å². The molecule has 6 nitrogen and oxygen atoms in total. The molecule has 29 heavy (non-hydrogen) atoms. The van der Waals surface area contributed by atoms with Crippen LogP contribution in [0.5, 0.6) is 5.75 Å². The van der Waals surface area contributed by atoms with Crippen molar-refractivity contribution in [1.82, 2.24) is 9.62 Å². The molecule has 0 spiro atoms. The molecule has 1 heterocycles. The lowest BCUT2D eigenvalue weighted by Crippen LogP contribution is -2.43. The van der Waals surface area contributed by atoms with Crippen LogP contribution in [0.1, 0.15) is 12.8 Å². The molecule has 1 aliphatic rings. The van der Waals surface area contributed by atoms with E-state index in [1.807, 2.05) is 48.7 Å². The summed E-state index contributed by atoms with van der Waals surface area (Å²) in [6.07, 6.45) is 2.99. The van der Waals surface area contributed by atoms with Gasteiger partial charge in [0, 0.05) is 23.9 Å². The molecule has 2 aromatic rings. The summed E-state index contributed by atoms with van der Waals surface area (Å²) in [5.74, 6) is 0.561. The van der Waals surface area contributed by atoms with Crippen LogP contribution in [0.15, 0.2) is 64.4 Å². The van der Waals surface area contributed by atoms with Crippen molar-refractivity contribution < 1.29 is 17.9 Å². The third-order valence-corrected chi connectivity index (χ3v) is 7.59. The third kappa shape index (κ3) is 5.74. The van der Waals surface area contributed by atoms with Crippen LogP contribution in [0, 0.1) is 5.92 Å².